The Morgan fingerprint density at radius 2 is 1.82 bits per heavy atom. The van der Waals surface area contributed by atoms with Crippen LogP contribution in [0, 0.1) is 5.92 Å². The minimum absolute atomic E-state index is 0.00877. The van der Waals surface area contributed by atoms with Gasteiger partial charge in [-0.25, -0.2) is 4.79 Å². The van der Waals surface area contributed by atoms with E-state index < -0.39 is 5.54 Å². The number of aromatic nitrogens is 1. The van der Waals surface area contributed by atoms with Crippen molar-refractivity contribution in [2.45, 2.75) is 31.7 Å². The monoisotopic (exact) mass is 467 g/mol. The van der Waals surface area contributed by atoms with Crippen molar-refractivity contribution in [1.82, 2.24) is 25.0 Å². The third-order valence-electron chi connectivity index (χ3n) is 7.73. The average molecular weight is 468 g/mol. The van der Waals surface area contributed by atoms with Gasteiger partial charge in [0.05, 0.1) is 19.6 Å². The van der Waals surface area contributed by atoms with E-state index >= 15 is 0 Å². The number of carbonyl (C=O) groups is 3. The molecule has 9 nitrogen and oxygen atoms in total. The Morgan fingerprint density at radius 1 is 1.09 bits per heavy atom. The number of H-pyrrole nitrogens is 1. The number of piperidine rings is 1. The quantitative estimate of drug-likeness (QED) is 0.629. The number of carbonyl (C=O) groups excluding carboxylic acids is 3. The van der Waals surface area contributed by atoms with E-state index in [9.17, 15) is 14.4 Å². The molecular formula is C25H33N5O4. The molecule has 3 fully saturated rings. The summed E-state index contributed by atoms with van der Waals surface area (Å²) in [6.45, 7) is 7.12. The molecule has 0 saturated carbocycles. The van der Waals surface area contributed by atoms with Gasteiger partial charge in [0, 0.05) is 56.4 Å². The van der Waals surface area contributed by atoms with Gasteiger partial charge in [0.2, 0.25) is 5.91 Å². The second-order valence-corrected chi connectivity index (χ2v) is 9.73. The zero-order valence-electron chi connectivity index (χ0n) is 19.7. The van der Waals surface area contributed by atoms with Gasteiger partial charge >= 0.3 is 6.03 Å². The topological polar surface area (TPSA) is 98.0 Å². The molecule has 3 aliphatic rings. The molecule has 3 aliphatic heterocycles. The van der Waals surface area contributed by atoms with Gasteiger partial charge in [-0.05, 0) is 37.3 Å². The number of fused-ring (bicyclic) bond motifs is 1. The number of ether oxygens (including phenoxy) is 1. The van der Waals surface area contributed by atoms with Crippen molar-refractivity contribution in [1.29, 1.82) is 0 Å². The number of imide groups is 1. The summed E-state index contributed by atoms with van der Waals surface area (Å²) in [5.74, 6) is -0.0360. The van der Waals surface area contributed by atoms with E-state index in [1.54, 1.807) is 0 Å². The number of nitrogens with one attached hydrogen (secondary N) is 2. The van der Waals surface area contributed by atoms with Crippen molar-refractivity contribution in [3.05, 3.63) is 36.0 Å². The zero-order chi connectivity index (χ0) is 23.7. The average Bonchev–Trinajstić information content (AvgIpc) is 3.36. The summed E-state index contributed by atoms with van der Waals surface area (Å²) in [6, 6.07) is 7.68. The van der Waals surface area contributed by atoms with Gasteiger partial charge in [0.1, 0.15) is 5.54 Å². The van der Waals surface area contributed by atoms with E-state index in [1.165, 1.54) is 4.90 Å². The van der Waals surface area contributed by atoms with Crippen LogP contribution in [-0.4, -0.2) is 95.6 Å². The molecule has 1 unspecified atom stereocenters. The number of benzene rings is 1. The Hall–Kier alpha value is -2.91. The largest absolute Gasteiger partial charge is 0.379 e. The maximum atomic E-state index is 13.3. The van der Waals surface area contributed by atoms with Gasteiger partial charge in [-0.1, -0.05) is 18.2 Å². The highest BCUT2D eigenvalue weighted by molar-refractivity contribution is 6.07. The number of morpholine rings is 1. The van der Waals surface area contributed by atoms with E-state index in [0.29, 0.717) is 58.7 Å². The van der Waals surface area contributed by atoms with Crippen molar-refractivity contribution in [2.75, 3.05) is 52.5 Å². The van der Waals surface area contributed by atoms with Crippen LogP contribution in [0.3, 0.4) is 0 Å². The molecule has 5 rings (SSSR count). The molecule has 4 amide bonds. The number of amides is 4. The third-order valence-corrected chi connectivity index (χ3v) is 7.73. The SMILES string of the molecule is CC1(C2CCN(C(=O)Cc3c[nH]c4ccccc34)CC2)NC(=O)N(CCN2CCOCC2)C1=O. The van der Waals surface area contributed by atoms with Crippen LogP contribution in [0.5, 0.6) is 0 Å². The van der Waals surface area contributed by atoms with Crippen LogP contribution < -0.4 is 5.32 Å². The molecule has 2 aromatic rings. The summed E-state index contributed by atoms with van der Waals surface area (Å²) in [5.41, 5.74) is 1.13. The van der Waals surface area contributed by atoms with E-state index in [-0.39, 0.29) is 23.8 Å². The molecule has 34 heavy (non-hydrogen) atoms. The molecular weight excluding hydrogens is 434 g/mol. The highest BCUT2D eigenvalue weighted by atomic mass is 16.5. The van der Waals surface area contributed by atoms with E-state index in [2.05, 4.69) is 15.2 Å². The first-order chi connectivity index (χ1) is 16.5. The van der Waals surface area contributed by atoms with Gasteiger partial charge in [0.15, 0.2) is 0 Å². The minimum atomic E-state index is -0.909. The predicted molar refractivity (Wildman–Crippen MR) is 127 cm³/mol. The second-order valence-electron chi connectivity index (χ2n) is 9.73. The number of nitrogens with zero attached hydrogens (tertiary/aromatic N) is 3. The van der Waals surface area contributed by atoms with Crippen LogP contribution in [0.15, 0.2) is 30.5 Å². The molecule has 0 radical (unpaired) electrons. The molecule has 182 valence electrons. The normalized spacial score (nSPS) is 24.7. The fourth-order valence-electron chi connectivity index (χ4n) is 5.52. The lowest BCUT2D eigenvalue weighted by Gasteiger charge is -2.39. The summed E-state index contributed by atoms with van der Waals surface area (Å²) in [5, 5.41) is 4.05. The van der Waals surface area contributed by atoms with Gasteiger partial charge in [-0.15, -0.1) is 0 Å². The van der Waals surface area contributed by atoms with E-state index in [0.717, 1.165) is 29.6 Å². The summed E-state index contributed by atoms with van der Waals surface area (Å²) in [7, 11) is 0. The number of para-hydroxylation sites is 1. The van der Waals surface area contributed by atoms with Crippen molar-refractivity contribution in [3.8, 4) is 0 Å². The Bertz CT molecular complexity index is 1070. The first kappa shape index (κ1) is 22.9. The molecule has 0 spiro atoms. The van der Waals surface area contributed by atoms with Crippen LogP contribution in [0.4, 0.5) is 4.79 Å². The Balaban J connectivity index is 1.16. The highest BCUT2D eigenvalue weighted by Crippen LogP contribution is 2.33. The fraction of sp³-hybridized carbons (Fsp3) is 0.560. The van der Waals surface area contributed by atoms with E-state index in [4.69, 9.17) is 4.74 Å². The van der Waals surface area contributed by atoms with Crippen LogP contribution in [0.2, 0.25) is 0 Å². The minimum Gasteiger partial charge on any atom is -0.379 e. The van der Waals surface area contributed by atoms with Crippen molar-refractivity contribution in [2.24, 2.45) is 5.92 Å². The predicted octanol–water partition coefficient (Wildman–Crippen LogP) is 1.59. The summed E-state index contributed by atoms with van der Waals surface area (Å²) < 4.78 is 5.37. The molecule has 0 aliphatic carbocycles. The second kappa shape index (κ2) is 9.38. The first-order valence-electron chi connectivity index (χ1n) is 12.2. The number of hydrogen-bond acceptors (Lipinski definition) is 5. The Kier molecular flexibility index (Phi) is 6.31. The maximum absolute atomic E-state index is 13.3. The third kappa shape index (κ3) is 4.30. The number of likely N-dealkylation sites (tertiary alicyclic amines) is 1. The van der Waals surface area contributed by atoms with Gasteiger partial charge in [-0.2, -0.15) is 0 Å². The summed E-state index contributed by atoms with van der Waals surface area (Å²) >= 11 is 0. The number of aromatic amines is 1. The van der Waals surface area contributed by atoms with Crippen LogP contribution in [-0.2, 0) is 20.7 Å². The van der Waals surface area contributed by atoms with Crippen molar-refractivity contribution >= 4 is 28.7 Å². The lowest BCUT2D eigenvalue weighted by molar-refractivity contribution is -0.135. The van der Waals surface area contributed by atoms with E-state index in [1.807, 2.05) is 42.3 Å². The first-order valence-corrected chi connectivity index (χ1v) is 12.2. The van der Waals surface area contributed by atoms with Gasteiger partial charge < -0.3 is 19.9 Å². The Labute approximate surface area is 199 Å². The van der Waals surface area contributed by atoms with Gasteiger partial charge in [0.25, 0.3) is 5.91 Å². The molecule has 2 N–H and O–H groups in total. The summed E-state index contributed by atoms with van der Waals surface area (Å²) in [4.78, 5) is 47.6. The molecule has 1 aromatic heterocycles. The molecule has 1 atom stereocenters. The van der Waals surface area contributed by atoms with Crippen LogP contribution in [0.25, 0.3) is 10.9 Å². The number of urea groups is 1. The van der Waals surface area contributed by atoms with Crippen molar-refractivity contribution < 1.29 is 19.1 Å². The van der Waals surface area contributed by atoms with Crippen LogP contribution in [0.1, 0.15) is 25.3 Å². The highest BCUT2D eigenvalue weighted by Gasteiger charge is 2.52. The molecule has 0 bridgehead atoms. The standard InChI is InChI=1S/C25H33N5O4/c1-25(23(32)30(24(33)27-25)11-10-28-12-14-34-15-13-28)19-6-8-29(9-7-19)22(31)16-18-17-26-21-5-3-2-4-20(18)21/h2-5,17,19,26H,6-16H2,1H3,(H,27,33). The molecule has 1 aromatic carbocycles. The smallest absolute Gasteiger partial charge is 0.325 e. The maximum Gasteiger partial charge on any atom is 0.325 e. The Morgan fingerprint density at radius 3 is 2.59 bits per heavy atom. The molecule has 9 heteroatoms. The zero-order valence-corrected chi connectivity index (χ0v) is 19.7. The lowest BCUT2D eigenvalue weighted by Crippen LogP contribution is -2.54. The molecule has 4 heterocycles. The molecule has 3 saturated heterocycles. The van der Waals surface area contributed by atoms with Crippen molar-refractivity contribution in [3.63, 3.8) is 0 Å². The van der Waals surface area contributed by atoms with Crippen LogP contribution >= 0.6 is 0 Å². The number of hydrogen-bond donors (Lipinski definition) is 2. The number of rotatable bonds is 6. The van der Waals surface area contributed by atoms with Gasteiger partial charge in [-0.3, -0.25) is 19.4 Å². The fourth-order valence-corrected chi connectivity index (χ4v) is 5.52. The lowest BCUT2D eigenvalue weighted by atomic mass is 9.79. The summed E-state index contributed by atoms with van der Waals surface area (Å²) in [6.07, 6.45) is 3.66.